The molecule has 0 aliphatic rings. The van der Waals surface area contributed by atoms with E-state index in [0.717, 1.165) is 5.69 Å². The highest BCUT2D eigenvalue weighted by molar-refractivity contribution is 6.32. The molecular formula is C17H12ClN3O3. The Morgan fingerprint density at radius 1 is 1.08 bits per heavy atom. The highest BCUT2D eigenvalue weighted by Gasteiger charge is 2.14. The first-order valence-corrected chi connectivity index (χ1v) is 7.41. The zero-order valence-corrected chi connectivity index (χ0v) is 13.1. The third kappa shape index (κ3) is 3.28. The zero-order valence-electron chi connectivity index (χ0n) is 12.3. The van der Waals surface area contributed by atoms with Crippen molar-refractivity contribution in [3.05, 3.63) is 87.7 Å². The second kappa shape index (κ2) is 6.55. The molecule has 24 heavy (non-hydrogen) atoms. The van der Waals surface area contributed by atoms with Gasteiger partial charge in [-0.1, -0.05) is 17.7 Å². The summed E-state index contributed by atoms with van der Waals surface area (Å²) in [5, 5.41) is 13.6. The fourth-order valence-electron chi connectivity index (χ4n) is 2.25. The first kappa shape index (κ1) is 15.8. The maximum Gasteiger partial charge on any atom is 0.289 e. The quantitative estimate of drug-likeness (QED) is 0.568. The molecule has 0 aliphatic carbocycles. The summed E-state index contributed by atoms with van der Waals surface area (Å²) in [7, 11) is 0. The lowest BCUT2D eigenvalue weighted by Gasteiger charge is -2.08. The van der Waals surface area contributed by atoms with E-state index in [1.807, 2.05) is 35.2 Å². The van der Waals surface area contributed by atoms with Crippen molar-refractivity contribution in [1.29, 1.82) is 0 Å². The van der Waals surface area contributed by atoms with Gasteiger partial charge in [0.1, 0.15) is 5.02 Å². The molecule has 3 aromatic rings. The average Bonchev–Trinajstić information content (AvgIpc) is 3.11. The van der Waals surface area contributed by atoms with E-state index >= 15 is 0 Å². The smallest absolute Gasteiger partial charge is 0.289 e. The van der Waals surface area contributed by atoms with Crippen molar-refractivity contribution < 1.29 is 9.72 Å². The van der Waals surface area contributed by atoms with Crippen LogP contribution < -0.4 is 5.32 Å². The number of hydrogen-bond acceptors (Lipinski definition) is 3. The van der Waals surface area contributed by atoms with E-state index in [-0.39, 0.29) is 16.6 Å². The van der Waals surface area contributed by atoms with Gasteiger partial charge in [0.25, 0.3) is 11.6 Å². The van der Waals surface area contributed by atoms with Gasteiger partial charge in [0, 0.05) is 35.4 Å². The van der Waals surface area contributed by atoms with Crippen molar-refractivity contribution >= 4 is 28.9 Å². The van der Waals surface area contributed by atoms with Crippen LogP contribution in [0.25, 0.3) is 5.69 Å². The molecule has 1 heterocycles. The minimum atomic E-state index is -0.593. The predicted octanol–water partition coefficient (Wildman–Crippen LogP) is 4.29. The Morgan fingerprint density at radius 3 is 2.54 bits per heavy atom. The molecule has 3 rings (SSSR count). The van der Waals surface area contributed by atoms with E-state index in [4.69, 9.17) is 11.6 Å². The lowest BCUT2D eigenvalue weighted by atomic mass is 10.1. The van der Waals surface area contributed by atoms with Crippen LogP contribution in [0.2, 0.25) is 5.02 Å². The number of hydrogen-bond donors (Lipinski definition) is 1. The summed E-state index contributed by atoms with van der Waals surface area (Å²) in [6.07, 6.45) is 3.75. The summed E-state index contributed by atoms with van der Waals surface area (Å²) < 4.78 is 1.88. The highest BCUT2D eigenvalue weighted by atomic mass is 35.5. The Labute approximate surface area is 142 Å². The average molecular weight is 342 g/mol. The van der Waals surface area contributed by atoms with Gasteiger partial charge >= 0.3 is 0 Å². The Bertz CT molecular complexity index is 907. The van der Waals surface area contributed by atoms with Gasteiger partial charge in [0.15, 0.2) is 0 Å². The number of nitrogens with zero attached hydrogens (tertiary/aromatic N) is 2. The third-order valence-corrected chi connectivity index (χ3v) is 3.73. The monoisotopic (exact) mass is 341 g/mol. The highest BCUT2D eigenvalue weighted by Crippen LogP contribution is 2.27. The second-order valence-corrected chi connectivity index (χ2v) is 5.43. The Balaban J connectivity index is 1.84. The van der Waals surface area contributed by atoms with E-state index < -0.39 is 4.92 Å². The summed E-state index contributed by atoms with van der Waals surface area (Å²) in [6, 6.07) is 15.0. The number of carbonyl (C=O) groups is 1. The molecule has 0 radical (unpaired) electrons. The number of carbonyl (C=O) groups excluding carboxylic acids is 1. The van der Waals surface area contributed by atoms with Crippen LogP contribution in [0.4, 0.5) is 11.4 Å². The molecule has 1 amide bonds. The molecule has 1 aromatic heterocycles. The van der Waals surface area contributed by atoms with Crippen molar-refractivity contribution in [2.24, 2.45) is 0 Å². The lowest BCUT2D eigenvalue weighted by molar-refractivity contribution is -0.384. The molecule has 0 spiro atoms. The van der Waals surface area contributed by atoms with Crippen LogP contribution in [-0.4, -0.2) is 15.4 Å². The predicted molar refractivity (Wildman–Crippen MR) is 91.8 cm³/mol. The normalized spacial score (nSPS) is 10.4. The van der Waals surface area contributed by atoms with Gasteiger partial charge in [-0.05, 0) is 42.5 Å². The number of nitrogens with one attached hydrogen (secondary N) is 1. The molecule has 6 nitrogen and oxygen atoms in total. The summed E-state index contributed by atoms with van der Waals surface area (Å²) in [5.41, 5.74) is 1.34. The minimum Gasteiger partial charge on any atom is -0.324 e. The zero-order chi connectivity index (χ0) is 17.1. The number of halogens is 1. The SMILES string of the molecule is O=C(Nc1ccc(Cl)c([N+](=O)[O-])c1)c1cccc(-n2cccc2)c1. The van der Waals surface area contributed by atoms with E-state index in [1.165, 1.54) is 18.2 Å². The molecule has 0 atom stereocenters. The Morgan fingerprint density at radius 2 is 1.83 bits per heavy atom. The molecule has 0 saturated heterocycles. The van der Waals surface area contributed by atoms with Crippen LogP contribution in [0.15, 0.2) is 67.0 Å². The second-order valence-electron chi connectivity index (χ2n) is 5.02. The van der Waals surface area contributed by atoms with Crippen molar-refractivity contribution in [3.8, 4) is 5.69 Å². The van der Waals surface area contributed by atoms with Crippen molar-refractivity contribution in [3.63, 3.8) is 0 Å². The lowest BCUT2D eigenvalue weighted by Crippen LogP contribution is -2.12. The van der Waals surface area contributed by atoms with Crippen LogP contribution in [-0.2, 0) is 0 Å². The molecule has 2 aromatic carbocycles. The standard InChI is InChI=1S/C17H12ClN3O3/c18-15-7-6-13(11-16(15)21(23)24)19-17(22)12-4-3-5-14(10-12)20-8-1-2-9-20/h1-11H,(H,19,22). The number of nitro benzene ring substituents is 1. The van der Waals surface area contributed by atoms with E-state index in [0.29, 0.717) is 11.3 Å². The van der Waals surface area contributed by atoms with E-state index in [9.17, 15) is 14.9 Å². The molecule has 120 valence electrons. The number of aromatic nitrogens is 1. The summed E-state index contributed by atoms with van der Waals surface area (Å²) >= 11 is 5.77. The number of nitro groups is 1. The maximum atomic E-state index is 12.4. The van der Waals surface area contributed by atoms with Gasteiger partial charge in [0.2, 0.25) is 0 Å². The molecule has 7 heteroatoms. The molecule has 0 bridgehead atoms. The van der Waals surface area contributed by atoms with Gasteiger partial charge in [0.05, 0.1) is 4.92 Å². The number of anilines is 1. The van der Waals surface area contributed by atoms with Gasteiger partial charge in [-0.2, -0.15) is 0 Å². The first-order valence-electron chi connectivity index (χ1n) is 7.03. The molecular weight excluding hydrogens is 330 g/mol. The fraction of sp³-hybridized carbons (Fsp3) is 0. The summed E-state index contributed by atoms with van der Waals surface area (Å²) in [4.78, 5) is 22.7. The summed E-state index contributed by atoms with van der Waals surface area (Å²) in [6.45, 7) is 0. The van der Waals surface area contributed by atoms with Crippen molar-refractivity contribution in [2.45, 2.75) is 0 Å². The molecule has 0 saturated carbocycles. The fourth-order valence-corrected chi connectivity index (χ4v) is 2.43. The van der Waals surface area contributed by atoms with E-state index in [2.05, 4.69) is 5.32 Å². The van der Waals surface area contributed by atoms with Crippen molar-refractivity contribution in [2.75, 3.05) is 5.32 Å². The number of benzene rings is 2. The first-order chi connectivity index (χ1) is 11.5. The van der Waals surface area contributed by atoms with Crippen LogP contribution in [0.1, 0.15) is 10.4 Å². The van der Waals surface area contributed by atoms with Crippen LogP contribution in [0.3, 0.4) is 0 Å². The van der Waals surface area contributed by atoms with Crippen LogP contribution in [0.5, 0.6) is 0 Å². The third-order valence-electron chi connectivity index (χ3n) is 3.41. The Hall–Kier alpha value is -3.12. The van der Waals surface area contributed by atoms with Gasteiger partial charge in [-0.25, -0.2) is 0 Å². The Kier molecular flexibility index (Phi) is 4.31. The topological polar surface area (TPSA) is 77.2 Å². The van der Waals surface area contributed by atoms with Gasteiger partial charge < -0.3 is 9.88 Å². The van der Waals surface area contributed by atoms with Crippen LogP contribution in [0, 0.1) is 10.1 Å². The van der Waals surface area contributed by atoms with Gasteiger partial charge in [-0.15, -0.1) is 0 Å². The van der Waals surface area contributed by atoms with E-state index in [1.54, 1.807) is 18.2 Å². The maximum absolute atomic E-state index is 12.4. The summed E-state index contributed by atoms with van der Waals surface area (Å²) in [5.74, 6) is -0.361. The number of amides is 1. The largest absolute Gasteiger partial charge is 0.324 e. The molecule has 0 aliphatic heterocycles. The molecule has 0 fully saturated rings. The number of rotatable bonds is 4. The molecule has 1 N–H and O–H groups in total. The molecule has 0 unspecified atom stereocenters. The van der Waals surface area contributed by atoms with Gasteiger partial charge in [-0.3, -0.25) is 14.9 Å². The minimum absolute atomic E-state index is 0.0209. The van der Waals surface area contributed by atoms with Crippen LogP contribution >= 0.6 is 11.6 Å². The van der Waals surface area contributed by atoms with Crippen molar-refractivity contribution in [1.82, 2.24) is 4.57 Å².